The van der Waals surface area contributed by atoms with E-state index in [9.17, 15) is 13.2 Å². The number of benzene rings is 1. The molecular weight excluding hydrogens is 390 g/mol. The van der Waals surface area contributed by atoms with Crippen LogP contribution in [-0.4, -0.2) is 36.9 Å². The normalized spacial score (nSPS) is 9.83. The Bertz CT molecular complexity index is 1020. The second-order valence-electron chi connectivity index (χ2n) is 5.54. The molecule has 0 radical (unpaired) electrons. The number of H-pyrrole nitrogens is 1. The van der Waals surface area contributed by atoms with E-state index in [1.54, 1.807) is 12.1 Å². The Kier molecular flexibility index (Phi) is 13.9. The third kappa shape index (κ3) is 8.21. The number of furan rings is 1. The number of nitrogens with one attached hydrogen (secondary N) is 2. The van der Waals surface area contributed by atoms with E-state index in [-0.39, 0.29) is 48.4 Å². The number of aromatic amines is 1. The largest absolute Gasteiger partial charge is 0.460 e. The first-order valence-corrected chi connectivity index (χ1v) is 9.43. The lowest BCUT2D eigenvalue weighted by molar-refractivity contribution is 0.498. The summed E-state index contributed by atoms with van der Waals surface area (Å²) in [5, 5.41) is 3.52. The van der Waals surface area contributed by atoms with Crippen LogP contribution in [0.5, 0.6) is 0 Å². The van der Waals surface area contributed by atoms with Crippen LogP contribution < -0.4 is 10.9 Å². The van der Waals surface area contributed by atoms with Crippen molar-refractivity contribution < 1.29 is 12.8 Å². The van der Waals surface area contributed by atoms with Gasteiger partial charge in [-0.25, -0.2) is 13.4 Å². The molecule has 2 N–H and O–H groups in total. The molecule has 8 heteroatoms. The molecule has 0 aliphatic rings. The third-order valence-electron chi connectivity index (χ3n) is 3.54. The topological polar surface area (TPSA) is 105 Å². The van der Waals surface area contributed by atoms with Crippen molar-refractivity contribution >= 4 is 20.7 Å². The molecule has 2 heterocycles. The van der Waals surface area contributed by atoms with Gasteiger partial charge in [-0.3, -0.25) is 4.79 Å². The first-order valence-electron chi connectivity index (χ1n) is 7.37. The van der Waals surface area contributed by atoms with Crippen LogP contribution in [0, 0.1) is 0 Å². The van der Waals surface area contributed by atoms with Gasteiger partial charge in [0.05, 0.1) is 29.5 Å². The number of hydrogen-bond acceptors (Lipinski definition) is 6. The second kappa shape index (κ2) is 12.9. The summed E-state index contributed by atoms with van der Waals surface area (Å²) in [6, 6.07) is 8.99. The average molecular weight is 428 g/mol. The molecule has 3 rings (SSSR count). The van der Waals surface area contributed by atoms with Crippen LogP contribution in [0.15, 0.2) is 45.9 Å². The summed E-state index contributed by atoms with van der Waals surface area (Å²) in [7, 11) is -2.97. The fourth-order valence-corrected chi connectivity index (χ4v) is 2.83. The van der Waals surface area contributed by atoms with Gasteiger partial charge in [-0.1, -0.05) is 37.1 Å². The van der Waals surface area contributed by atoms with Gasteiger partial charge >= 0.3 is 0 Å². The van der Waals surface area contributed by atoms with Crippen molar-refractivity contribution in [3.8, 4) is 11.3 Å². The molecule has 0 saturated carbocycles. The van der Waals surface area contributed by atoms with Crippen LogP contribution in [0.2, 0.25) is 0 Å². The number of fused-ring (bicyclic) bond motifs is 1. The Balaban J connectivity index is -0.00000135. The SMILES string of the molecule is C.C.C.C.C.CS(=O)(=O)CCNCc1ccc(-c2ccc3nc[nH]c(=O)c3c2)o1. The summed E-state index contributed by atoms with van der Waals surface area (Å²) in [6.07, 6.45) is 2.58. The van der Waals surface area contributed by atoms with Gasteiger partial charge in [0.2, 0.25) is 0 Å². The van der Waals surface area contributed by atoms with Gasteiger partial charge in [-0.05, 0) is 30.3 Å². The van der Waals surface area contributed by atoms with Gasteiger partial charge < -0.3 is 14.7 Å². The molecule has 166 valence electrons. The molecule has 0 unspecified atom stereocenters. The average Bonchev–Trinajstić information content (AvgIpc) is 3.00. The second-order valence-corrected chi connectivity index (χ2v) is 7.80. The van der Waals surface area contributed by atoms with E-state index < -0.39 is 9.84 Å². The van der Waals surface area contributed by atoms with Crippen LogP contribution in [0.25, 0.3) is 22.2 Å². The highest BCUT2D eigenvalue weighted by Crippen LogP contribution is 2.24. The Labute approximate surface area is 175 Å². The highest BCUT2D eigenvalue weighted by Gasteiger charge is 2.08. The van der Waals surface area contributed by atoms with E-state index in [0.29, 0.717) is 35.5 Å². The monoisotopic (exact) mass is 427 g/mol. The molecule has 7 nitrogen and oxygen atoms in total. The fourth-order valence-electron chi connectivity index (χ4n) is 2.32. The van der Waals surface area contributed by atoms with Gasteiger partial charge in [0.25, 0.3) is 5.56 Å². The third-order valence-corrected chi connectivity index (χ3v) is 4.48. The maximum Gasteiger partial charge on any atom is 0.258 e. The number of hydrogen-bond donors (Lipinski definition) is 2. The van der Waals surface area contributed by atoms with Crippen molar-refractivity contribution in [1.82, 2.24) is 15.3 Å². The summed E-state index contributed by atoms with van der Waals surface area (Å²) >= 11 is 0. The number of sulfone groups is 1. The van der Waals surface area contributed by atoms with Crippen LogP contribution >= 0.6 is 0 Å². The van der Waals surface area contributed by atoms with Crippen LogP contribution in [-0.2, 0) is 16.4 Å². The van der Waals surface area contributed by atoms with Crippen LogP contribution in [0.1, 0.15) is 42.9 Å². The van der Waals surface area contributed by atoms with Crippen LogP contribution in [0.3, 0.4) is 0 Å². The van der Waals surface area contributed by atoms with Crippen molar-refractivity contribution in [2.45, 2.75) is 43.7 Å². The van der Waals surface area contributed by atoms with Crippen LogP contribution in [0.4, 0.5) is 0 Å². The molecular formula is C21H37N3O4S. The smallest absolute Gasteiger partial charge is 0.258 e. The molecule has 2 aromatic heterocycles. The Hall–Kier alpha value is -2.45. The first-order chi connectivity index (χ1) is 11.4. The summed E-state index contributed by atoms with van der Waals surface area (Å²) in [4.78, 5) is 18.5. The predicted octanol–water partition coefficient (Wildman–Crippen LogP) is 4.50. The molecule has 1 aromatic carbocycles. The van der Waals surface area contributed by atoms with Crippen molar-refractivity contribution in [1.29, 1.82) is 0 Å². The first kappa shape index (κ1) is 31.3. The maximum atomic E-state index is 11.8. The zero-order valence-electron chi connectivity index (χ0n) is 13.1. The maximum absolute atomic E-state index is 11.8. The van der Waals surface area contributed by atoms with Gasteiger partial charge in [-0.15, -0.1) is 0 Å². The standard InChI is InChI=1S/C16H17N3O4S.5CH4/c1-24(21,22)7-6-17-9-12-3-5-15(23-12)11-2-4-14-13(8-11)16(20)19-10-18-14;;;;;/h2-5,8,10,17H,6-7,9H2,1H3,(H,18,19,20);5*1H4. The van der Waals surface area contributed by atoms with Gasteiger partial charge in [-0.2, -0.15) is 0 Å². The Morgan fingerprint density at radius 2 is 1.76 bits per heavy atom. The minimum absolute atomic E-state index is 0. The highest BCUT2D eigenvalue weighted by atomic mass is 32.2. The molecule has 0 fully saturated rings. The number of aromatic nitrogens is 2. The van der Waals surface area contributed by atoms with Gasteiger partial charge in [0.1, 0.15) is 21.4 Å². The lowest BCUT2D eigenvalue weighted by Gasteiger charge is -2.02. The van der Waals surface area contributed by atoms with Crippen molar-refractivity contribution in [3.05, 3.63) is 52.8 Å². The number of rotatable bonds is 6. The van der Waals surface area contributed by atoms with Crippen molar-refractivity contribution in [3.63, 3.8) is 0 Å². The molecule has 0 spiro atoms. The molecule has 29 heavy (non-hydrogen) atoms. The van der Waals surface area contributed by atoms with E-state index >= 15 is 0 Å². The lowest BCUT2D eigenvalue weighted by Crippen LogP contribution is -2.21. The van der Waals surface area contributed by atoms with Gasteiger partial charge in [0, 0.05) is 18.4 Å². The fraction of sp³-hybridized carbons (Fsp3) is 0.429. The molecule has 0 aliphatic carbocycles. The molecule has 0 aliphatic heterocycles. The Morgan fingerprint density at radius 3 is 2.41 bits per heavy atom. The zero-order chi connectivity index (χ0) is 17.2. The summed E-state index contributed by atoms with van der Waals surface area (Å²) in [5.41, 5.74) is 1.20. The molecule has 0 amide bonds. The minimum atomic E-state index is -2.97. The Morgan fingerprint density at radius 1 is 1.07 bits per heavy atom. The minimum Gasteiger partial charge on any atom is -0.460 e. The highest BCUT2D eigenvalue weighted by molar-refractivity contribution is 7.90. The predicted molar refractivity (Wildman–Crippen MR) is 125 cm³/mol. The molecule has 0 atom stereocenters. The summed E-state index contributed by atoms with van der Waals surface area (Å²) in [5.74, 6) is 1.42. The zero-order valence-corrected chi connectivity index (χ0v) is 13.9. The van der Waals surface area contributed by atoms with Gasteiger partial charge in [0.15, 0.2) is 0 Å². The van der Waals surface area contributed by atoms with E-state index in [4.69, 9.17) is 4.42 Å². The summed E-state index contributed by atoms with van der Waals surface area (Å²) in [6.45, 7) is 0.803. The van der Waals surface area contributed by atoms with E-state index in [0.717, 1.165) is 5.56 Å². The molecule has 0 bridgehead atoms. The number of nitrogens with zero attached hydrogens (tertiary/aromatic N) is 1. The molecule has 3 aromatic rings. The summed E-state index contributed by atoms with van der Waals surface area (Å²) < 4.78 is 27.9. The quantitative estimate of drug-likeness (QED) is 0.561. The lowest BCUT2D eigenvalue weighted by atomic mass is 10.1. The van der Waals surface area contributed by atoms with E-state index in [2.05, 4.69) is 15.3 Å². The van der Waals surface area contributed by atoms with E-state index in [1.165, 1.54) is 12.6 Å². The van der Waals surface area contributed by atoms with Crippen molar-refractivity contribution in [2.24, 2.45) is 0 Å². The van der Waals surface area contributed by atoms with Crippen molar-refractivity contribution in [2.75, 3.05) is 18.6 Å². The van der Waals surface area contributed by atoms with E-state index in [1.807, 2.05) is 18.2 Å². The molecule has 0 saturated heterocycles.